The van der Waals surface area contributed by atoms with Gasteiger partial charge in [-0.3, -0.25) is 0 Å². The van der Waals surface area contributed by atoms with Crippen LogP contribution < -0.4 is 4.74 Å². The number of benzene rings is 1. The smallest absolute Gasteiger partial charge is 0.119 e. The van der Waals surface area contributed by atoms with Crippen LogP contribution in [0, 0.1) is 11.3 Å². The minimum absolute atomic E-state index is 0.0242. The molecule has 0 aliphatic rings. The van der Waals surface area contributed by atoms with Crippen molar-refractivity contribution < 1.29 is 4.74 Å². The van der Waals surface area contributed by atoms with E-state index in [1.165, 1.54) is 5.56 Å². The number of alkyl halides is 2. The third-order valence-electron chi connectivity index (χ3n) is 3.12. The van der Waals surface area contributed by atoms with Crippen LogP contribution in [0.15, 0.2) is 24.3 Å². The van der Waals surface area contributed by atoms with Gasteiger partial charge in [0.25, 0.3) is 0 Å². The van der Waals surface area contributed by atoms with Gasteiger partial charge in [0.05, 0.1) is 7.11 Å². The zero-order chi connectivity index (χ0) is 13.6. The molecule has 18 heavy (non-hydrogen) atoms. The molecule has 0 spiro atoms. The molecule has 0 amide bonds. The lowest BCUT2D eigenvalue weighted by Gasteiger charge is -2.31. The zero-order valence-electron chi connectivity index (χ0n) is 11.4. The fraction of sp³-hybridized carbons (Fsp3) is 0.600. The van der Waals surface area contributed by atoms with Crippen molar-refractivity contribution in [1.29, 1.82) is 0 Å². The molecular formula is C15H22Cl2O. The molecule has 1 aromatic rings. The van der Waals surface area contributed by atoms with Crippen LogP contribution in [0.5, 0.6) is 5.75 Å². The Hall–Kier alpha value is -0.400. The van der Waals surface area contributed by atoms with E-state index in [0.717, 1.165) is 18.6 Å². The van der Waals surface area contributed by atoms with Gasteiger partial charge < -0.3 is 4.74 Å². The molecule has 0 unspecified atom stereocenters. The van der Waals surface area contributed by atoms with Crippen molar-refractivity contribution in [3.8, 4) is 5.75 Å². The molecule has 0 aliphatic heterocycles. The van der Waals surface area contributed by atoms with E-state index in [0.29, 0.717) is 17.7 Å². The Morgan fingerprint density at radius 3 is 2.39 bits per heavy atom. The standard InChI is InChI=1S/C15H22Cl2O/c1-12(2)8-15(10-16,11-17)9-13-5-4-6-14(7-13)18-3/h4-7,12H,8-11H2,1-3H3. The summed E-state index contributed by atoms with van der Waals surface area (Å²) in [5, 5.41) is 0. The number of hydrogen-bond acceptors (Lipinski definition) is 1. The second-order valence-corrected chi connectivity index (χ2v) is 5.93. The summed E-state index contributed by atoms with van der Waals surface area (Å²) in [7, 11) is 1.68. The van der Waals surface area contributed by atoms with Gasteiger partial charge in [0.15, 0.2) is 0 Å². The highest BCUT2D eigenvalue weighted by Gasteiger charge is 2.29. The van der Waals surface area contributed by atoms with Crippen molar-refractivity contribution in [2.24, 2.45) is 11.3 Å². The number of halogens is 2. The molecule has 0 aliphatic carbocycles. The van der Waals surface area contributed by atoms with Gasteiger partial charge in [0.2, 0.25) is 0 Å². The number of ether oxygens (including phenoxy) is 1. The zero-order valence-corrected chi connectivity index (χ0v) is 12.9. The molecule has 1 aromatic carbocycles. The first-order valence-electron chi connectivity index (χ1n) is 6.30. The molecule has 102 valence electrons. The predicted molar refractivity (Wildman–Crippen MR) is 80.0 cm³/mol. The summed E-state index contributed by atoms with van der Waals surface area (Å²) in [5.74, 6) is 2.65. The molecule has 0 saturated heterocycles. The molecule has 3 heteroatoms. The van der Waals surface area contributed by atoms with E-state index in [1.54, 1.807) is 7.11 Å². The van der Waals surface area contributed by atoms with Gasteiger partial charge in [-0.2, -0.15) is 0 Å². The van der Waals surface area contributed by atoms with Gasteiger partial charge in [-0.05, 0) is 36.5 Å². The van der Waals surface area contributed by atoms with Crippen LogP contribution in [0.1, 0.15) is 25.8 Å². The van der Waals surface area contributed by atoms with Gasteiger partial charge in [-0.15, -0.1) is 23.2 Å². The Bertz CT molecular complexity index is 359. The minimum Gasteiger partial charge on any atom is -0.497 e. The lowest BCUT2D eigenvalue weighted by molar-refractivity contribution is 0.295. The lowest BCUT2D eigenvalue weighted by atomic mass is 9.78. The SMILES string of the molecule is COc1cccc(CC(CCl)(CCl)CC(C)C)c1. The van der Waals surface area contributed by atoms with Crippen LogP contribution in [0.4, 0.5) is 0 Å². The third kappa shape index (κ3) is 4.37. The maximum absolute atomic E-state index is 6.18. The summed E-state index contributed by atoms with van der Waals surface area (Å²) in [5.41, 5.74) is 1.21. The third-order valence-corrected chi connectivity index (χ3v) is 4.26. The van der Waals surface area contributed by atoms with E-state index in [-0.39, 0.29) is 5.41 Å². The molecule has 0 radical (unpaired) electrons. The lowest BCUT2D eigenvalue weighted by Crippen LogP contribution is -2.30. The maximum Gasteiger partial charge on any atom is 0.119 e. The van der Waals surface area contributed by atoms with Crippen molar-refractivity contribution in [3.63, 3.8) is 0 Å². The van der Waals surface area contributed by atoms with Gasteiger partial charge in [-0.1, -0.05) is 26.0 Å². The van der Waals surface area contributed by atoms with Crippen molar-refractivity contribution in [2.75, 3.05) is 18.9 Å². The van der Waals surface area contributed by atoms with Crippen molar-refractivity contribution in [1.82, 2.24) is 0 Å². The summed E-state index contributed by atoms with van der Waals surface area (Å²) in [4.78, 5) is 0. The Balaban J connectivity index is 2.88. The monoisotopic (exact) mass is 288 g/mol. The Kier molecular flexibility index (Phi) is 6.31. The van der Waals surface area contributed by atoms with Crippen LogP contribution >= 0.6 is 23.2 Å². The summed E-state index contributed by atoms with van der Waals surface area (Å²) in [6.45, 7) is 4.42. The molecule has 0 atom stereocenters. The molecule has 0 heterocycles. The number of hydrogen-bond donors (Lipinski definition) is 0. The van der Waals surface area contributed by atoms with E-state index in [1.807, 2.05) is 12.1 Å². The fourth-order valence-electron chi connectivity index (χ4n) is 2.39. The summed E-state index contributed by atoms with van der Waals surface area (Å²) in [6.07, 6.45) is 1.94. The van der Waals surface area contributed by atoms with Crippen LogP contribution in [0.3, 0.4) is 0 Å². The first-order valence-corrected chi connectivity index (χ1v) is 7.37. The second-order valence-electron chi connectivity index (χ2n) is 5.39. The first-order chi connectivity index (χ1) is 8.55. The van der Waals surface area contributed by atoms with Crippen LogP contribution in [0.25, 0.3) is 0 Å². The summed E-state index contributed by atoms with van der Waals surface area (Å²) in [6, 6.07) is 8.14. The Labute approximate surface area is 120 Å². The average molecular weight is 289 g/mol. The van der Waals surface area contributed by atoms with Gasteiger partial charge in [-0.25, -0.2) is 0 Å². The largest absolute Gasteiger partial charge is 0.497 e. The van der Waals surface area contributed by atoms with E-state index < -0.39 is 0 Å². The average Bonchev–Trinajstić information content (AvgIpc) is 2.37. The topological polar surface area (TPSA) is 9.23 Å². The minimum atomic E-state index is -0.0242. The van der Waals surface area contributed by atoms with Gasteiger partial charge in [0.1, 0.15) is 5.75 Å². The Morgan fingerprint density at radius 2 is 1.89 bits per heavy atom. The fourth-order valence-corrected chi connectivity index (χ4v) is 3.09. The second kappa shape index (κ2) is 7.25. The van der Waals surface area contributed by atoms with Crippen molar-refractivity contribution in [3.05, 3.63) is 29.8 Å². The molecule has 0 bridgehead atoms. The van der Waals surface area contributed by atoms with Gasteiger partial charge in [0, 0.05) is 17.2 Å². The normalized spacial score (nSPS) is 11.9. The van der Waals surface area contributed by atoms with Crippen LogP contribution in [-0.2, 0) is 6.42 Å². The van der Waals surface area contributed by atoms with Crippen LogP contribution in [0.2, 0.25) is 0 Å². The molecule has 1 nitrogen and oxygen atoms in total. The molecule has 0 aromatic heterocycles. The Morgan fingerprint density at radius 1 is 1.22 bits per heavy atom. The van der Waals surface area contributed by atoms with E-state index >= 15 is 0 Å². The van der Waals surface area contributed by atoms with E-state index in [2.05, 4.69) is 26.0 Å². The predicted octanol–water partition coefficient (Wildman–Crippen LogP) is 4.75. The summed E-state index contributed by atoms with van der Waals surface area (Å²) < 4.78 is 5.25. The van der Waals surface area contributed by atoms with Gasteiger partial charge >= 0.3 is 0 Å². The van der Waals surface area contributed by atoms with E-state index in [9.17, 15) is 0 Å². The highest BCUT2D eigenvalue weighted by Crippen LogP contribution is 2.34. The number of rotatable bonds is 7. The van der Waals surface area contributed by atoms with Crippen molar-refractivity contribution in [2.45, 2.75) is 26.7 Å². The molecule has 0 N–H and O–H groups in total. The molecular weight excluding hydrogens is 267 g/mol. The molecule has 0 fully saturated rings. The van der Waals surface area contributed by atoms with E-state index in [4.69, 9.17) is 27.9 Å². The van der Waals surface area contributed by atoms with Crippen LogP contribution in [-0.4, -0.2) is 18.9 Å². The summed E-state index contributed by atoms with van der Waals surface area (Å²) >= 11 is 12.4. The number of methoxy groups -OCH3 is 1. The molecule has 0 saturated carbocycles. The van der Waals surface area contributed by atoms with Crippen molar-refractivity contribution >= 4 is 23.2 Å². The highest BCUT2D eigenvalue weighted by molar-refractivity contribution is 6.21. The quantitative estimate of drug-likeness (QED) is 0.658. The maximum atomic E-state index is 6.18. The first kappa shape index (κ1) is 15.7. The highest BCUT2D eigenvalue weighted by atomic mass is 35.5. The molecule has 1 rings (SSSR count).